The SMILES string of the molecule is CCCCc1ccccc1P(=CC(=O)O)(c1ccccc1)c1ccccc1. The Morgan fingerprint density at radius 2 is 1.37 bits per heavy atom. The Morgan fingerprint density at radius 1 is 0.852 bits per heavy atom. The van der Waals surface area contributed by atoms with Crippen LogP contribution in [0.4, 0.5) is 0 Å². The fourth-order valence-electron chi connectivity index (χ4n) is 3.57. The van der Waals surface area contributed by atoms with Crippen LogP contribution in [0.1, 0.15) is 25.3 Å². The van der Waals surface area contributed by atoms with Gasteiger partial charge in [-0.3, -0.25) is 0 Å². The summed E-state index contributed by atoms with van der Waals surface area (Å²) < 4.78 is 0. The fraction of sp³-hybridized carbons (Fsp3) is 0.167. The molecule has 0 heterocycles. The number of hydrogen-bond acceptors (Lipinski definition) is 1. The summed E-state index contributed by atoms with van der Waals surface area (Å²) in [7, 11) is 0. The van der Waals surface area contributed by atoms with E-state index in [9.17, 15) is 9.90 Å². The Balaban J connectivity index is 2.41. The first-order chi connectivity index (χ1) is 13.2. The Morgan fingerprint density at radius 3 is 1.89 bits per heavy atom. The summed E-state index contributed by atoms with van der Waals surface area (Å²) in [5, 5.41) is 13.2. The lowest BCUT2D eigenvalue weighted by atomic mass is 10.1. The van der Waals surface area contributed by atoms with Crippen LogP contribution < -0.4 is 15.9 Å². The Kier molecular flexibility index (Phi) is 6.32. The average Bonchev–Trinajstić information content (AvgIpc) is 2.72. The van der Waals surface area contributed by atoms with Crippen LogP contribution in [-0.4, -0.2) is 16.9 Å². The highest BCUT2D eigenvalue weighted by Crippen LogP contribution is 2.44. The highest BCUT2D eigenvalue weighted by atomic mass is 31.2. The molecular formula is C24H25O2P. The van der Waals surface area contributed by atoms with Crippen LogP contribution in [0.25, 0.3) is 0 Å². The predicted octanol–water partition coefficient (Wildman–Crippen LogP) is 4.21. The number of rotatable bonds is 7. The maximum atomic E-state index is 12.0. The minimum absolute atomic E-state index is 0.874. The summed E-state index contributed by atoms with van der Waals surface area (Å²) in [6, 6.07) is 28.6. The van der Waals surface area contributed by atoms with E-state index < -0.39 is 12.9 Å². The molecule has 0 saturated heterocycles. The van der Waals surface area contributed by atoms with E-state index in [1.54, 1.807) is 5.80 Å². The molecule has 0 saturated carbocycles. The third-order valence-corrected chi connectivity index (χ3v) is 8.83. The van der Waals surface area contributed by atoms with Gasteiger partial charge in [0.15, 0.2) is 0 Å². The van der Waals surface area contributed by atoms with Gasteiger partial charge in [0, 0.05) is 5.80 Å². The van der Waals surface area contributed by atoms with Crippen LogP contribution in [0.15, 0.2) is 84.9 Å². The second-order valence-corrected chi connectivity index (χ2v) is 9.81. The second kappa shape index (κ2) is 8.88. The summed E-state index contributed by atoms with van der Waals surface area (Å²) in [4.78, 5) is 12.0. The molecule has 0 unspecified atom stereocenters. The van der Waals surface area contributed by atoms with Gasteiger partial charge in [0.1, 0.15) is 0 Å². The van der Waals surface area contributed by atoms with Gasteiger partial charge in [0.05, 0.1) is 0 Å². The maximum absolute atomic E-state index is 12.0. The van der Waals surface area contributed by atoms with Gasteiger partial charge in [0.2, 0.25) is 0 Å². The van der Waals surface area contributed by atoms with Crippen molar-refractivity contribution in [1.29, 1.82) is 0 Å². The van der Waals surface area contributed by atoms with Crippen LogP contribution in [-0.2, 0) is 11.2 Å². The first kappa shape index (κ1) is 19.2. The Labute approximate surface area is 161 Å². The lowest BCUT2D eigenvalue weighted by Gasteiger charge is -2.30. The number of carbonyl (C=O) groups is 1. The molecule has 0 aliphatic carbocycles. The smallest absolute Gasteiger partial charge is 0.329 e. The lowest BCUT2D eigenvalue weighted by molar-refractivity contribution is -0.128. The van der Waals surface area contributed by atoms with E-state index in [1.165, 1.54) is 5.56 Å². The molecule has 0 amide bonds. The summed E-state index contributed by atoms with van der Waals surface area (Å²) in [6.07, 6.45) is 3.16. The Hall–Kier alpha value is -2.57. The number of unbranched alkanes of at least 4 members (excludes halogenated alkanes) is 1. The number of benzene rings is 3. The molecule has 2 nitrogen and oxygen atoms in total. The molecule has 1 N–H and O–H groups in total. The van der Waals surface area contributed by atoms with Gasteiger partial charge >= 0.3 is 5.97 Å². The number of aryl methyl sites for hydroxylation is 1. The summed E-state index contributed by atoms with van der Waals surface area (Å²) in [6.45, 7) is -0.228. The van der Waals surface area contributed by atoms with Crippen LogP contribution in [0.3, 0.4) is 0 Å². The summed E-state index contributed by atoms with van der Waals surface area (Å²) in [5.74, 6) is 0.684. The quantitative estimate of drug-likeness (QED) is 0.627. The van der Waals surface area contributed by atoms with Gasteiger partial charge in [-0.25, -0.2) is 4.79 Å². The van der Waals surface area contributed by atoms with E-state index in [4.69, 9.17) is 0 Å². The van der Waals surface area contributed by atoms with E-state index >= 15 is 0 Å². The average molecular weight is 376 g/mol. The number of carboxylic acid groups (broad SMARTS) is 1. The van der Waals surface area contributed by atoms with Crippen LogP contribution >= 0.6 is 6.89 Å². The van der Waals surface area contributed by atoms with Crippen molar-refractivity contribution >= 4 is 34.6 Å². The molecule has 0 spiro atoms. The van der Waals surface area contributed by atoms with Crippen molar-refractivity contribution in [3.8, 4) is 0 Å². The van der Waals surface area contributed by atoms with Gasteiger partial charge in [-0.1, -0.05) is 98.3 Å². The fourth-order valence-corrected chi connectivity index (χ4v) is 7.44. The molecule has 138 valence electrons. The molecule has 3 aromatic rings. The number of aliphatic carboxylic acids is 1. The summed E-state index contributed by atoms with van der Waals surface area (Å²) in [5.41, 5.74) is 1.25. The molecule has 0 aliphatic heterocycles. The van der Waals surface area contributed by atoms with E-state index in [-0.39, 0.29) is 0 Å². The minimum Gasteiger partial charge on any atom is -0.478 e. The summed E-state index contributed by atoms with van der Waals surface area (Å²) >= 11 is 0. The van der Waals surface area contributed by atoms with Crippen molar-refractivity contribution in [2.45, 2.75) is 26.2 Å². The molecule has 27 heavy (non-hydrogen) atoms. The van der Waals surface area contributed by atoms with Crippen molar-refractivity contribution < 1.29 is 9.90 Å². The third-order valence-electron chi connectivity index (χ3n) is 4.80. The molecular weight excluding hydrogens is 351 g/mol. The van der Waals surface area contributed by atoms with E-state index in [0.717, 1.165) is 35.2 Å². The molecule has 0 fully saturated rings. The zero-order chi connectivity index (χ0) is 19.1. The molecule has 0 aliphatic rings. The van der Waals surface area contributed by atoms with Crippen molar-refractivity contribution in [2.75, 3.05) is 0 Å². The molecule has 3 rings (SSSR count). The maximum Gasteiger partial charge on any atom is 0.329 e. The first-order valence-corrected chi connectivity index (χ1v) is 11.2. The third kappa shape index (κ3) is 4.07. The molecule has 0 radical (unpaired) electrons. The number of hydrogen-bond donors (Lipinski definition) is 1. The van der Waals surface area contributed by atoms with E-state index in [1.807, 2.05) is 42.5 Å². The predicted molar refractivity (Wildman–Crippen MR) is 117 cm³/mol. The molecule has 3 heteroatoms. The topological polar surface area (TPSA) is 37.3 Å². The highest BCUT2D eigenvalue weighted by molar-refractivity contribution is 7.95. The molecule has 0 bridgehead atoms. The van der Waals surface area contributed by atoms with Crippen LogP contribution in [0, 0.1) is 0 Å². The van der Waals surface area contributed by atoms with E-state index in [2.05, 4.69) is 49.4 Å². The van der Waals surface area contributed by atoms with Gasteiger partial charge < -0.3 is 5.11 Å². The normalized spacial score (nSPS) is 11.1. The van der Waals surface area contributed by atoms with Crippen molar-refractivity contribution in [2.24, 2.45) is 0 Å². The van der Waals surface area contributed by atoms with Crippen LogP contribution in [0.2, 0.25) is 0 Å². The monoisotopic (exact) mass is 376 g/mol. The molecule has 0 atom stereocenters. The molecule has 3 aromatic carbocycles. The van der Waals surface area contributed by atoms with Crippen molar-refractivity contribution in [3.63, 3.8) is 0 Å². The zero-order valence-corrected chi connectivity index (χ0v) is 16.5. The number of carboxylic acids is 1. The van der Waals surface area contributed by atoms with Gasteiger partial charge in [-0.15, -0.1) is 0 Å². The highest BCUT2D eigenvalue weighted by Gasteiger charge is 2.28. The second-order valence-electron chi connectivity index (χ2n) is 6.59. The van der Waals surface area contributed by atoms with Gasteiger partial charge in [-0.2, -0.15) is 0 Å². The standard InChI is InChI=1S/C24H25O2P/c1-2-3-12-20-13-10-11-18-23(20)27(19-24(25)26,21-14-6-4-7-15-21)22-16-8-5-9-17-22/h4-11,13-19H,2-3,12H2,1H3,(H,25,26). The van der Waals surface area contributed by atoms with Gasteiger partial charge in [0.25, 0.3) is 0 Å². The first-order valence-electron chi connectivity index (χ1n) is 9.35. The minimum atomic E-state index is -2.41. The Bertz CT molecular complexity index is 903. The largest absolute Gasteiger partial charge is 0.478 e. The van der Waals surface area contributed by atoms with Gasteiger partial charge in [-0.05, 0) is 41.2 Å². The van der Waals surface area contributed by atoms with Crippen LogP contribution in [0.5, 0.6) is 0 Å². The van der Waals surface area contributed by atoms with E-state index in [0.29, 0.717) is 0 Å². The van der Waals surface area contributed by atoms with Crippen molar-refractivity contribution in [3.05, 3.63) is 90.5 Å². The zero-order valence-electron chi connectivity index (χ0n) is 15.6. The lowest BCUT2D eigenvalue weighted by Crippen LogP contribution is -2.30. The molecule has 0 aromatic heterocycles. The van der Waals surface area contributed by atoms with Crippen molar-refractivity contribution in [1.82, 2.24) is 0 Å².